The van der Waals surface area contributed by atoms with Crippen LogP contribution in [0.3, 0.4) is 0 Å². The van der Waals surface area contributed by atoms with Gasteiger partial charge in [0.25, 0.3) is 0 Å². The van der Waals surface area contributed by atoms with Crippen molar-refractivity contribution in [2.45, 2.75) is 51.4 Å². The highest BCUT2D eigenvalue weighted by Crippen LogP contribution is 2.54. The number of benzene rings is 1. The van der Waals surface area contributed by atoms with Crippen LogP contribution in [0.25, 0.3) is 16.4 Å². The minimum atomic E-state index is -4.39. The summed E-state index contributed by atoms with van der Waals surface area (Å²) in [6, 6.07) is 10.7. The first-order valence-electron chi connectivity index (χ1n) is 13.4. The van der Waals surface area contributed by atoms with Crippen LogP contribution in [-0.2, 0) is 0 Å². The smallest absolute Gasteiger partial charge is 0.383 e. The van der Waals surface area contributed by atoms with Crippen molar-refractivity contribution < 1.29 is 13.2 Å². The van der Waals surface area contributed by atoms with Gasteiger partial charge in [-0.15, -0.1) is 5.53 Å². The van der Waals surface area contributed by atoms with Crippen molar-refractivity contribution in [2.24, 2.45) is 5.41 Å². The maximum absolute atomic E-state index is 13.9. The van der Waals surface area contributed by atoms with E-state index >= 15 is 0 Å². The average Bonchev–Trinajstić information content (AvgIpc) is 3.37. The van der Waals surface area contributed by atoms with Crippen molar-refractivity contribution in [2.75, 3.05) is 17.2 Å². The summed E-state index contributed by atoms with van der Waals surface area (Å²) in [6.07, 6.45) is 2.04. The van der Waals surface area contributed by atoms with Gasteiger partial charge in [0.15, 0.2) is 5.54 Å². The van der Waals surface area contributed by atoms with Crippen LogP contribution in [0.1, 0.15) is 50.8 Å². The van der Waals surface area contributed by atoms with E-state index < -0.39 is 17.8 Å². The quantitative estimate of drug-likeness (QED) is 0.198. The molecule has 6 rings (SSSR count). The van der Waals surface area contributed by atoms with Gasteiger partial charge in [-0.1, -0.05) is 38.4 Å². The van der Waals surface area contributed by atoms with E-state index in [0.717, 1.165) is 16.1 Å². The first-order valence-corrected chi connectivity index (χ1v) is 13.8. The lowest BCUT2D eigenvalue weighted by Crippen LogP contribution is -2.52. The zero-order chi connectivity index (χ0) is 29.9. The van der Waals surface area contributed by atoms with Crippen LogP contribution in [0.15, 0.2) is 60.8 Å². The Bertz CT molecular complexity index is 1750. The lowest BCUT2D eigenvalue weighted by Gasteiger charge is -2.28. The molecule has 3 aromatic heterocycles. The number of nitrogens with one attached hydrogen (secondary N) is 4. The molecule has 4 aromatic rings. The van der Waals surface area contributed by atoms with E-state index in [2.05, 4.69) is 58.5 Å². The third-order valence-corrected chi connectivity index (χ3v) is 7.83. The molecule has 1 aromatic carbocycles. The Balaban J connectivity index is 1.45. The highest BCUT2D eigenvalue weighted by Gasteiger charge is 2.67. The standard InChI is InChI=1S/C29H29ClF3N9/c1-27(2,3)16-36-24-17(13-34)14-35-25-20(24)11-18(12-21(25)30)38-26(19-5-4-10-41-23(19)6-9-37-41)22-15-42(40-39-22)28(7-8-28)29(31,32)33/h4-6,9-12,14-15,26,38-40H,7-8,16H2,1-3H3,(H,35,36)/t26-/m0/s1. The van der Waals surface area contributed by atoms with Gasteiger partial charge in [0.1, 0.15) is 6.07 Å². The van der Waals surface area contributed by atoms with Gasteiger partial charge in [-0.25, -0.2) is 4.52 Å². The lowest BCUT2D eigenvalue weighted by atomic mass is 9.96. The molecule has 2 aliphatic rings. The Kier molecular flexibility index (Phi) is 6.62. The Labute approximate surface area is 245 Å². The number of alkyl halides is 3. The van der Waals surface area contributed by atoms with Gasteiger partial charge in [0.2, 0.25) is 0 Å². The van der Waals surface area contributed by atoms with E-state index in [1.807, 2.05) is 24.3 Å². The number of fused-ring (bicyclic) bond motifs is 2. The Morgan fingerprint density at radius 2 is 2.00 bits per heavy atom. The lowest BCUT2D eigenvalue weighted by molar-refractivity contribution is -0.195. The fourth-order valence-electron chi connectivity index (χ4n) is 5.17. The van der Waals surface area contributed by atoms with Gasteiger partial charge < -0.3 is 16.1 Å². The topological polar surface area (TPSA) is 105 Å². The van der Waals surface area contributed by atoms with Crippen LogP contribution >= 0.6 is 11.6 Å². The van der Waals surface area contributed by atoms with E-state index in [9.17, 15) is 18.4 Å². The summed E-state index contributed by atoms with van der Waals surface area (Å²) in [5.41, 5.74) is 7.81. The number of hydrogen-bond acceptors (Lipinski definition) is 8. The van der Waals surface area contributed by atoms with Crippen molar-refractivity contribution >= 4 is 39.4 Å². The van der Waals surface area contributed by atoms with Gasteiger partial charge in [-0.3, -0.25) is 9.99 Å². The van der Waals surface area contributed by atoms with Crippen LogP contribution in [0.4, 0.5) is 24.5 Å². The molecule has 0 spiro atoms. The first kappa shape index (κ1) is 27.9. The predicted octanol–water partition coefficient (Wildman–Crippen LogP) is 6.28. The Morgan fingerprint density at radius 1 is 1.21 bits per heavy atom. The van der Waals surface area contributed by atoms with Crippen molar-refractivity contribution in [1.29, 1.82) is 5.26 Å². The zero-order valence-electron chi connectivity index (χ0n) is 23.1. The van der Waals surface area contributed by atoms with Crippen molar-refractivity contribution in [3.63, 3.8) is 0 Å². The molecule has 0 radical (unpaired) electrons. The summed E-state index contributed by atoms with van der Waals surface area (Å²) in [5, 5.41) is 23.1. The third-order valence-electron chi connectivity index (χ3n) is 7.54. The fraction of sp³-hybridized carbons (Fsp3) is 0.345. The molecule has 4 N–H and O–H groups in total. The van der Waals surface area contributed by atoms with Crippen LogP contribution < -0.4 is 21.6 Å². The summed E-state index contributed by atoms with van der Waals surface area (Å²) in [5.74, 6) is 0. The minimum Gasteiger partial charge on any atom is -0.383 e. The molecule has 1 saturated carbocycles. The molecule has 9 nitrogen and oxygen atoms in total. The number of hydrogen-bond donors (Lipinski definition) is 4. The van der Waals surface area contributed by atoms with E-state index in [4.69, 9.17) is 11.6 Å². The average molecular weight is 596 g/mol. The summed E-state index contributed by atoms with van der Waals surface area (Å²) < 4.78 is 43.5. The second kappa shape index (κ2) is 9.96. The summed E-state index contributed by atoms with van der Waals surface area (Å²) in [4.78, 5) is 4.43. The van der Waals surface area contributed by atoms with Crippen LogP contribution in [0.2, 0.25) is 5.02 Å². The zero-order valence-corrected chi connectivity index (χ0v) is 23.9. The highest BCUT2D eigenvalue weighted by atomic mass is 35.5. The summed E-state index contributed by atoms with van der Waals surface area (Å²) >= 11 is 6.72. The number of rotatable bonds is 7. The second-order valence-corrected chi connectivity index (χ2v) is 12.3. The molecule has 0 bridgehead atoms. The van der Waals surface area contributed by atoms with E-state index in [1.165, 1.54) is 12.4 Å². The molecule has 218 valence electrons. The second-order valence-electron chi connectivity index (χ2n) is 11.8. The normalized spacial score (nSPS) is 17.1. The molecule has 1 atom stereocenters. The molecular formula is C29H29ClF3N9. The summed E-state index contributed by atoms with van der Waals surface area (Å²) in [6.45, 7) is 6.85. The summed E-state index contributed by atoms with van der Waals surface area (Å²) in [7, 11) is 0. The highest BCUT2D eigenvalue weighted by molar-refractivity contribution is 6.35. The number of hydrazine groups is 2. The Hall–Kier alpha value is -4.21. The van der Waals surface area contributed by atoms with Crippen LogP contribution in [-0.4, -0.2) is 37.9 Å². The molecule has 0 unspecified atom stereocenters. The van der Waals surface area contributed by atoms with Gasteiger partial charge in [0.05, 0.1) is 39.0 Å². The fourth-order valence-corrected chi connectivity index (χ4v) is 5.43. The SMILES string of the molecule is CC(C)(C)CNc1c(C#N)cnc2c(Cl)cc(N[C@H](C3=CN(C4(C(F)(F)F)CC4)NN3)c3cccn4nccc34)cc12. The molecular weight excluding hydrogens is 567 g/mol. The largest absolute Gasteiger partial charge is 0.413 e. The Morgan fingerprint density at radius 3 is 2.69 bits per heavy atom. The number of halogens is 4. The van der Waals surface area contributed by atoms with E-state index in [0.29, 0.717) is 45.1 Å². The third kappa shape index (κ3) is 4.92. The minimum absolute atomic E-state index is 0.00408. The maximum atomic E-state index is 13.9. The van der Waals surface area contributed by atoms with E-state index in [-0.39, 0.29) is 18.3 Å². The van der Waals surface area contributed by atoms with Gasteiger partial charge in [-0.05, 0) is 42.5 Å². The number of aromatic nitrogens is 3. The monoisotopic (exact) mass is 595 g/mol. The molecule has 13 heteroatoms. The molecule has 1 aliphatic carbocycles. The van der Waals surface area contributed by atoms with Gasteiger partial charge in [0, 0.05) is 48.0 Å². The van der Waals surface area contributed by atoms with Crippen LogP contribution in [0, 0.1) is 16.7 Å². The molecule has 4 heterocycles. The van der Waals surface area contributed by atoms with Gasteiger partial charge >= 0.3 is 6.18 Å². The first-order chi connectivity index (χ1) is 19.9. The molecule has 1 fully saturated rings. The maximum Gasteiger partial charge on any atom is 0.413 e. The van der Waals surface area contributed by atoms with Crippen molar-refractivity contribution in [3.05, 3.63) is 77.0 Å². The number of nitrogens with zero attached hydrogens (tertiary/aromatic N) is 5. The van der Waals surface area contributed by atoms with Crippen molar-refractivity contribution in [1.82, 2.24) is 30.6 Å². The van der Waals surface area contributed by atoms with Gasteiger partial charge in [-0.2, -0.15) is 23.5 Å². The molecule has 0 amide bonds. The molecule has 1 aliphatic heterocycles. The number of pyridine rings is 2. The molecule has 42 heavy (non-hydrogen) atoms. The number of anilines is 2. The predicted molar refractivity (Wildman–Crippen MR) is 155 cm³/mol. The number of nitriles is 1. The van der Waals surface area contributed by atoms with Crippen LogP contribution in [0.5, 0.6) is 0 Å². The molecule has 0 saturated heterocycles. The van der Waals surface area contributed by atoms with E-state index in [1.54, 1.807) is 23.0 Å². The van der Waals surface area contributed by atoms with Crippen molar-refractivity contribution in [3.8, 4) is 6.07 Å².